The fourth-order valence-electron chi connectivity index (χ4n) is 4.05. The first-order valence-electron chi connectivity index (χ1n) is 12.4. The molecule has 0 aliphatic heterocycles. The van der Waals surface area contributed by atoms with Crippen LogP contribution in [-0.2, 0) is 33.1 Å². The molecule has 4 aromatic rings. The lowest BCUT2D eigenvalue weighted by molar-refractivity contribution is -0.385. The van der Waals surface area contributed by atoms with Crippen LogP contribution in [-0.4, -0.2) is 26.7 Å². The molecule has 4 aromatic carbocycles. The fourth-order valence-corrected chi connectivity index (χ4v) is 5.98. The van der Waals surface area contributed by atoms with E-state index in [0.29, 0.717) is 30.4 Å². The molecular weight excluding hydrogens is 588 g/mol. The number of non-ortho nitro benzene ring substituents is 2. The molecule has 0 fully saturated rings. The summed E-state index contributed by atoms with van der Waals surface area (Å²) in [6, 6.07) is 20.2. The van der Waals surface area contributed by atoms with E-state index in [1.165, 1.54) is 12.1 Å². The van der Waals surface area contributed by atoms with Gasteiger partial charge in [-0.15, -0.1) is 0 Å². The van der Waals surface area contributed by atoms with E-state index in [9.17, 15) is 37.1 Å². The van der Waals surface area contributed by atoms with Gasteiger partial charge in [0.15, 0.2) is 0 Å². The second-order valence-corrected chi connectivity index (χ2v) is 12.2. The van der Waals surface area contributed by atoms with Crippen molar-refractivity contribution in [2.24, 2.45) is 0 Å². The van der Waals surface area contributed by atoms with E-state index in [-0.39, 0.29) is 32.7 Å². The molecule has 0 aliphatic rings. The van der Waals surface area contributed by atoms with E-state index >= 15 is 0 Å². The maximum atomic E-state index is 12.9. The highest BCUT2D eigenvalue weighted by atomic mass is 32.2. The number of nitro groups is 2. The second-order valence-electron chi connectivity index (χ2n) is 9.15. The van der Waals surface area contributed by atoms with E-state index in [1.54, 1.807) is 30.3 Å². The molecule has 218 valence electrons. The summed E-state index contributed by atoms with van der Waals surface area (Å²) in [6.07, 6.45) is 1.21. The van der Waals surface area contributed by atoms with Crippen molar-refractivity contribution in [3.63, 3.8) is 0 Å². The molecule has 0 aliphatic carbocycles. The van der Waals surface area contributed by atoms with Crippen LogP contribution in [0.2, 0.25) is 0 Å². The number of nitro benzene ring substituents is 2. The van der Waals surface area contributed by atoms with Crippen molar-refractivity contribution in [2.75, 3.05) is 0 Å². The molecule has 0 heterocycles. The first kappa shape index (κ1) is 30.1. The Hall–Kier alpha value is -4.82. The number of hydrogen-bond acceptors (Lipinski definition) is 10. The van der Waals surface area contributed by atoms with Crippen LogP contribution < -0.4 is 8.37 Å². The standard InChI is InChI=1S/C28H24N2O10S2/c1-20-9-18-28(40-42(37,38)26-16-12-24(13-17-26)30(33)34)22(19-20)7-4-6-21-5-2-3-8-27(21)39-41(35,36)25-14-10-23(11-15-25)29(31)32/h2-3,5,8-19H,4,6-7H2,1H3. The third-order valence-electron chi connectivity index (χ3n) is 6.15. The molecular formula is C28H24N2O10S2. The summed E-state index contributed by atoms with van der Waals surface area (Å²) < 4.78 is 62.1. The number of rotatable bonds is 12. The van der Waals surface area contributed by atoms with Crippen LogP contribution in [0, 0.1) is 27.2 Å². The van der Waals surface area contributed by atoms with Crippen LogP contribution >= 0.6 is 0 Å². The van der Waals surface area contributed by atoms with E-state index < -0.39 is 30.1 Å². The molecule has 0 bridgehead atoms. The van der Waals surface area contributed by atoms with Gasteiger partial charge in [0, 0.05) is 24.3 Å². The molecule has 0 unspecified atom stereocenters. The summed E-state index contributed by atoms with van der Waals surface area (Å²) in [5.74, 6) is 0.196. The van der Waals surface area contributed by atoms with Crippen molar-refractivity contribution >= 4 is 31.6 Å². The molecule has 4 rings (SSSR count). The zero-order chi connectivity index (χ0) is 30.5. The van der Waals surface area contributed by atoms with Gasteiger partial charge in [0.1, 0.15) is 21.3 Å². The minimum Gasteiger partial charge on any atom is -0.379 e. The summed E-state index contributed by atoms with van der Waals surface area (Å²) >= 11 is 0. The van der Waals surface area contributed by atoms with E-state index in [1.807, 2.05) is 6.92 Å². The maximum absolute atomic E-state index is 12.9. The molecule has 0 spiro atoms. The highest BCUT2D eigenvalue weighted by molar-refractivity contribution is 7.87. The smallest absolute Gasteiger partial charge is 0.339 e. The van der Waals surface area contributed by atoms with Crippen LogP contribution in [0.25, 0.3) is 0 Å². The Kier molecular flexibility index (Phi) is 8.87. The molecule has 42 heavy (non-hydrogen) atoms. The van der Waals surface area contributed by atoms with Gasteiger partial charge in [-0.05, 0) is 73.7 Å². The lowest BCUT2D eigenvalue weighted by Crippen LogP contribution is -2.12. The van der Waals surface area contributed by atoms with Gasteiger partial charge in [-0.1, -0.05) is 35.9 Å². The minimum atomic E-state index is -4.28. The zero-order valence-electron chi connectivity index (χ0n) is 22.1. The fraction of sp³-hybridized carbons (Fsp3) is 0.143. The molecule has 0 saturated heterocycles. The molecule has 0 N–H and O–H groups in total. The predicted octanol–water partition coefficient (Wildman–Crippen LogP) is 5.52. The Labute approximate surface area is 241 Å². The number of benzene rings is 4. The molecule has 0 atom stereocenters. The lowest BCUT2D eigenvalue weighted by Gasteiger charge is -2.14. The number of nitrogens with zero attached hydrogens (tertiary/aromatic N) is 2. The third-order valence-corrected chi connectivity index (χ3v) is 8.65. The summed E-state index contributed by atoms with van der Waals surface area (Å²) in [6.45, 7) is 1.84. The van der Waals surface area contributed by atoms with Gasteiger partial charge >= 0.3 is 20.2 Å². The SMILES string of the molecule is Cc1ccc(OS(=O)(=O)c2ccc([N+](=O)[O-])cc2)c(CCCc2ccccc2OS(=O)(=O)c2ccc([N+](=O)[O-])cc2)c1. The Morgan fingerprint density at radius 1 is 0.619 bits per heavy atom. The maximum Gasteiger partial charge on any atom is 0.339 e. The average Bonchev–Trinajstić information content (AvgIpc) is 2.95. The van der Waals surface area contributed by atoms with E-state index in [2.05, 4.69) is 0 Å². The zero-order valence-corrected chi connectivity index (χ0v) is 23.7. The highest BCUT2D eigenvalue weighted by Crippen LogP contribution is 2.29. The van der Waals surface area contributed by atoms with Gasteiger partial charge in [-0.2, -0.15) is 16.8 Å². The average molecular weight is 613 g/mol. The first-order chi connectivity index (χ1) is 19.9. The van der Waals surface area contributed by atoms with Crippen molar-refractivity contribution in [3.8, 4) is 11.5 Å². The number of para-hydroxylation sites is 1. The third kappa shape index (κ3) is 7.27. The Bertz CT molecular complexity index is 1840. The largest absolute Gasteiger partial charge is 0.379 e. The number of hydrogen-bond donors (Lipinski definition) is 0. The lowest BCUT2D eigenvalue weighted by atomic mass is 10.0. The molecule has 0 aromatic heterocycles. The van der Waals surface area contributed by atoms with Crippen molar-refractivity contribution < 1.29 is 35.0 Å². The van der Waals surface area contributed by atoms with Gasteiger partial charge in [0.2, 0.25) is 0 Å². The summed E-state index contributed by atoms with van der Waals surface area (Å²) in [5, 5.41) is 21.8. The Balaban J connectivity index is 1.48. The van der Waals surface area contributed by atoms with Crippen LogP contribution in [0.5, 0.6) is 11.5 Å². The first-order valence-corrected chi connectivity index (χ1v) is 15.2. The monoisotopic (exact) mass is 612 g/mol. The van der Waals surface area contributed by atoms with E-state index in [4.69, 9.17) is 8.37 Å². The molecule has 0 radical (unpaired) electrons. The normalized spacial score (nSPS) is 11.5. The highest BCUT2D eigenvalue weighted by Gasteiger charge is 2.22. The quantitative estimate of drug-likeness (QED) is 0.113. The van der Waals surface area contributed by atoms with Gasteiger partial charge in [-0.25, -0.2) is 0 Å². The van der Waals surface area contributed by atoms with Crippen LogP contribution in [0.3, 0.4) is 0 Å². The summed E-state index contributed by atoms with van der Waals surface area (Å²) in [4.78, 5) is 20.0. The van der Waals surface area contributed by atoms with Gasteiger partial charge in [0.25, 0.3) is 11.4 Å². The van der Waals surface area contributed by atoms with E-state index in [0.717, 1.165) is 54.1 Å². The minimum absolute atomic E-state index is 0.0947. The van der Waals surface area contributed by atoms with Crippen LogP contribution in [0.15, 0.2) is 101 Å². The van der Waals surface area contributed by atoms with Crippen molar-refractivity contribution in [2.45, 2.75) is 36.0 Å². The molecule has 12 nitrogen and oxygen atoms in total. The van der Waals surface area contributed by atoms with Gasteiger partial charge in [0.05, 0.1) is 9.85 Å². The topological polar surface area (TPSA) is 173 Å². The van der Waals surface area contributed by atoms with Crippen molar-refractivity contribution in [1.29, 1.82) is 0 Å². The Morgan fingerprint density at radius 3 is 1.57 bits per heavy atom. The summed E-state index contributed by atoms with van der Waals surface area (Å²) in [7, 11) is -8.54. The molecule has 14 heteroatoms. The van der Waals surface area contributed by atoms with Crippen molar-refractivity contribution in [3.05, 3.63) is 128 Å². The second kappa shape index (κ2) is 12.4. The Morgan fingerprint density at radius 2 is 1.07 bits per heavy atom. The number of aryl methyl sites for hydroxylation is 3. The van der Waals surface area contributed by atoms with Gasteiger partial charge < -0.3 is 8.37 Å². The van der Waals surface area contributed by atoms with Crippen molar-refractivity contribution in [1.82, 2.24) is 0 Å². The van der Waals surface area contributed by atoms with Crippen LogP contribution in [0.1, 0.15) is 23.1 Å². The molecule has 0 saturated carbocycles. The predicted molar refractivity (Wildman–Crippen MR) is 151 cm³/mol. The molecule has 0 amide bonds. The van der Waals surface area contributed by atoms with Gasteiger partial charge in [-0.3, -0.25) is 20.2 Å². The summed E-state index contributed by atoms with van der Waals surface area (Å²) in [5.41, 5.74) is 1.53. The van der Waals surface area contributed by atoms with Crippen LogP contribution in [0.4, 0.5) is 11.4 Å².